The molecule has 0 unspecified atom stereocenters. The van der Waals surface area contributed by atoms with Gasteiger partial charge in [0.1, 0.15) is 5.58 Å². The van der Waals surface area contributed by atoms with E-state index in [4.69, 9.17) is 4.42 Å². The van der Waals surface area contributed by atoms with Crippen LogP contribution in [-0.4, -0.2) is 4.57 Å². The van der Waals surface area contributed by atoms with Gasteiger partial charge in [-0.25, -0.2) is 0 Å². The van der Waals surface area contributed by atoms with Gasteiger partial charge < -0.3 is 13.9 Å². The van der Waals surface area contributed by atoms with Crippen LogP contribution in [0.4, 0.5) is 17.1 Å². The summed E-state index contributed by atoms with van der Waals surface area (Å²) in [5, 5.41) is 7.03. The molecule has 0 fully saturated rings. The normalized spacial score (nSPS) is 11.6. The number of hydrogen-bond acceptors (Lipinski definition) is 2. The van der Waals surface area contributed by atoms with Crippen molar-refractivity contribution in [3.63, 3.8) is 0 Å². The van der Waals surface area contributed by atoms with E-state index < -0.39 is 0 Å². The van der Waals surface area contributed by atoms with Gasteiger partial charge in [0.15, 0.2) is 5.58 Å². The lowest BCUT2D eigenvalue weighted by Crippen LogP contribution is -2.10. The van der Waals surface area contributed by atoms with Gasteiger partial charge >= 0.3 is 0 Å². The van der Waals surface area contributed by atoms with Crippen LogP contribution in [0.25, 0.3) is 82.5 Å². The molecule has 3 nitrogen and oxygen atoms in total. The molecule has 0 aliphatic rings. The first-order valence-corrected chi connectivity index (χ1v) is 18.8. The van der Waals surface area contributed by atoms with E-state index >= 15 is 0 Å². The molecule has 9 aromatic carbocycles. The smallest absolute Gasteiger partial charge is 0.159 e. The van der Waals surface area contributed by atoms with Crippen LogP contribution in [-0.2, 0) is 0 Å². The fraction of sp³-hybridized carbons (Fsp3) is 0. The summed E-state index contributed by atoms with van der Waals surface area (Å²) in [5.74, 6) is 0. The van der Waals surface area contributed by atoms with Gasteiger partial charge in [0.25, 0.3) is 0 Å². The van der Waals surface area contributed by atoms with Crippen molar-refractivity contribution in [3.05, 3.63) is 206 Å². The summed E-state index contributed by atoms with van der Waals surface area (Å²) in [6.07, 6.45) is 0. The van der Waals surface area contributed by atoms with Crippen LogP contribution >= 0.6 is 0 Å². The van der Waals surface area contributed by atoms with Gasteiger partial charge in [-0.05, 0) is 93.7 Å². The van der Waals surface area contributed by atoms with E-state index in [0.29, 0.717) is 0 Å². The van der Waals surface area contributed by atoms with Gasteiger partial charge in [-0.2, -0.15) is 0 Å². The number of rotatable bonds is 6. The van der Waals surface area contributed by atoms with Crippen LogP contribution in [0.5, 0.6) is 0 Å². The second kappa shape index (κ2) is 12.6. The summed E-state index contributed by atoms with van der Waals surface area (Å²) in [4.78, 5) is 2.36. The fourth-order valence-electron chi connectivity index (χ4n) is 8.50. The van der Waals surface area contributed by atoms with Gasteiger partial charge in [0, 0.05) is 38.6 Å². The van der Waals surface area contributed by atoms with Gasteiger partial charge in [-0.3, -0.25) is 0 Å². The Hall–Kier alpha value is -7.36. The third kappa shape index (κ3) is 5.05. The zero-order valence-corrected chi connectivity index (χ0v) is 29.9. The number of benzene rings is 9. The molecule has 3 heteroatoms. The van der Waals surface area contributed by atoms with Crippen molar-refractivity contribution in [2.45, 2.75) is 0 Å². The maximum atomic E-state index is 7.04. The van der Waals surface area contributed by atoms with Gasteiger partial charge in [-0.15, -0.1) is 0 Å². The highest BCUT2D eigenvalue weighted by Gasteiger charge is 2.23. The van der Waals surface area contributed by atoms with Crippen molar-refractivity contribution < 1.29 is 4.42 Å². The lowest BCUT2D eigenvalue weighted by molar-refractivity contribution is 0.669. The zero-order chi connectivity index (χ0) is 36.3. The number of para-hydroxylation sites is 3. The quantitative estimate of drug-likeness (QED) is 0.172. The molecule has 0 aliphatic carbocycles. The standard InChI is InChI=1S/C52H34N2O/c1-4-15-35(16-5-1)36-27-29-39(30-28-36)53(40-31-32-48-46(33-40)42-22-12-13-25-47(42)54(48)38-19-8-3-9-20-38)49-26-14-24-44-51-43-23-11-10-21-41(43)45(34-50(51)55-52(44)49)37-17-6-2-7-18-37/h1-34H. The molecule has 258 valence electrons. The maximum absolute atomic E-state index is 7.04. The predicted octanol–water partition coefficient (Wildman–Crippen LogP) is 14.6. The highest BCUT2D eigenvalue weighted by atomic mass is 16.3. The minimum atomic E-state index is 0.854. The Labute approximate surface area is 318 Å². The minimum Gasteiger partial charge on any atom is -0.454 e. The van der Waals surface area contributed by atoms with E-state index in [1.54, 1.807) is 0 Å². The highest BCUT2D eigenvalue weighted by Crippen LogP contribution is 2.47. The molecule has 0 spiro atoms. The van der Waals surface area contributed by atoms with Gasteiger partial charge in [0.05, 0.1) is 16.7 Å². The number of fused-ring (bicyclic) bond motifs is 8. The third-order valence-electron chi connectivity index (χ3n) is 11.0. The van der Waals surface area contributed by atoms with Crippen LogP contribution in [0.3, 0.4) is 0 Å². The van der Waals surface area contributed by atoms with Crippen molar-refractivity contribution in [1.29, 1.82) is 0 Å². The molecule has 11 rings (SSSR count). The summed E-state index contributed by atoms with van der Waals surface area (Å²) in [7, 11) is 0. The number of nitrogens with zero attached hydrogens (tertiary/aromatic N) is 2. The molecule has 0 atom stereocenters. The van der Waals surface area contributed by atoms with Crippen molar-refractivity contribution in [3.8, 4) is 27.9 Å². The van der Waals surface area contributed by atoms with Crippen LogP contribution in [0.1, 0.15) is 0 Å². The molecule has 55 heavy (non-hydrogen) atoms. The first-order valence-electron chi connectivity index (χ1n) is 18.8. The van der Waals surface area contributed by atoms with E-state index in [-0.39, 0.29) is 0 Å². The molecule has 0 radical (unpaired) electrons. The summed E-state index contributed by atoms with van der Waals surface area (Å²) >= 11 is 0. The van der Waals surface area contributed by atoms with E-state index in [1.807, 2.05) is 0 Å². The monoisotopic (exact) mass is 702 g/mol. The van der Waals surface area contributed by atoms with E-state index in [0.717, 1.165) is 55.8 Å². The molecule has 0 saturated heterocycles. The first kappa shape index (κ1) is 31.2. The topological polar surface area (TPSA) is 21.3 Å². The zero-order valence-electron chi connectivity index (χ0n) is 29.9. The molecular weight excluding hydrogens is 669 g/mol. The lowest BCUT2D eigenvalue weighted by Gasteiger charge is -2.26. The van der Waals surface area contributed by atoms with Crippen molar-refractivity contribution in [2.75, 3.05) is 4.90 Å². The molecule has 2 heterocycles. The molecule has 0 bridgehead atoms. The minimum absolute atomic E-state index is 0.854. The average molecular weight is 703 g/mol. The van der Waals surface area contributed by atoms with E-state index in [2.05, 4.69) is 216 Å². The average Bonchev–Trinajstić information content (AvgIpc) is 3.81. The summed E-state index contributed by atoms with van der Waals surface area (Å²) in [6.45, 7) is 0. The Kier molecular flexibility index (Phi) is 7.17. The fourth-order valence-corrected chi connectivity index (χ4v) is 8.50. The Balaban J connectivity index is 1.17. The van der Waals surface area contributed by atoms with Crippen LogP contribution in [0, 0.1) is 0 Å². The van der Waals surface area contributed by atoms with Crippen molar-refractivity contribution >= 4 is 71.6 Å². The van der Waals surface area contributed by atoms with Crippen LogP contribution in [0.2, 0.25) is 0 Å². The Morgan fingerprint density at radius 1 is 0.382 bits per heavy atom. The predicted molar refractivity (Wildman–Crippen MR) is 231 cm³/mol. The molecule has 0 amide bonds. The van der Waals surface area contributed by atoms with Crippen molar-refractivity contribution in [1.82, 2.24) is 4.57 Å². The van der Waals surface area contributed by atoms with Crippen molar-refractivity contribution in [2.24, 2.45) is 0 Å². The molecule has 0 N–H and O–H groups in total. The highest BCUT2D eigenvalue weighted by molar-refractivity contribution is 6.24. The molecule has 11 aromatic rings. The molecule has 0 aliphatic heterocycles. The second-order valence-corrected chi connectivity index (χ2v) is 14.1. The van der Waals surface area contributed by atoms with Gasteiger partial charge in [0.2, 0.25) is 0 Å². The Morgan fingerprint density at radius 3 is 1.73 bits per heavy atom. The SMILES string of the molecule is c1ccc(-c2ccc(N(c3ccc4c(c3)c3ccccc3n4-c3ccccc3)c3cccc4c3oc3cc(-c5ccccc5)c5ccccc5c34)cc2)cc1. The van der Waals surface area contributed by atoms with Crippen LogP contribution < -0.4 is 4.90 Å². The van der Waals surface area contributed by atoms with Gasteiger partial charge in [-0.1, -0.05) is 146 Å². The molecule has 0 saturated carbocycles. The van der Waals surface area contributed by atoms with E-state index in [9.17, 15) is 0 Å². The summed E-state index contributed by atoms with van der Waals surface area (Å²) < 4.78 is 9.41. The largest absolute Gasteiger partial charge is 0.454 e. The van der Waals surface area contributed by atoms with E-state index in [1.165, 1.54) is 43.8 Å². The van der Waals surface area contributed by atoms with Crippen LogP contribution in [0.15, 0.2) is 211 Å². The molecular formula is C52H34N2O. The first-order chi connectivity index (χ1) is 27.3. The second-order valence-electron chi connectivity index (χ2n) is 14.1. The number of furan rings is 1. The number of aromatic nitrogens is 1. The Morgan fingerprint density at radius 2 is 0.964 bits per heavy atom. The molecule has 2 aromatic heterocycles. The number of hydrogen-bond donors (Lipinski definition) is 0. The Bertz CT molecular complexity index is 3180. The lowest BCUT2D eigenvalue weighted by atomic mass is 9.95. The maximum Gasteiger partial charge on any atom is 0.159 e. The third-order valence-corrected chi connectivity index (χ3v) is 11.0. The summed E-state index contributed by atoms with van der Waals surface area (Å²) in [6, 6.07) is 73.7. The summed E-state index contributed by atoms with van der Waals surface area (Å²) in [5.41, 5.74) is 13.0. The number of anilines is 3.